The van der Waals surface area contributed by atoms with Crippen molar-refractivity contribution in [1.82, 2.24) is 34.5 Å². The van der Waals surface area contributed by atoms with Gasteiger partial charge in [-0.2, -0.15) is 9.67 Å². The maximum absolute atomic E-state index is 13.2. The van der Waals surface area contributed by atoms with Gasteiger partial charge in [-0.1, -0.05) is 38.8 Å². The summed E-state index contributed by atoms with van der Waals surface area (Å²) in [5.74, 6) is 1.24. The van der Waals surface area contributed by atoms with Crippen molar-refractivity contribution in [3.05, 3.63) is 114 Å². The Bertz CT molecular complexity index is 2100. The van der Waals surface area contributed by atoms with Crippen LogP contribution in [0, 0.1) is 13.8 Å². The maximum Gasteiger partial charge on any atom is 0.487 e. The molecule has 276 valence electrons. The van der Waals surface area contributed by atoms with E-state index in [9.17, 15) is 8.78 Å². The van der Waals surface area contributed by atoms with Crippen LogP contribution in [0.15, 0.2) is 85.6 Å². The van der Waals surface area contributed by atoms with E-state index in [1.807, 2.05) is 18.5 Å². The van der Waals surface area contributed by atoms with Crippen molar-refractivity contribution in [2.45, 2.75) is 58.4 Å². The van der Waals surface area contributed by atoms with E-state index in [0.717, 1.165) is 84.3 Å². The van der Waals surface area contributed by atoms with Gasteiger partial charge >= 0.3 is 5.57 Å². The normalized spacial score (nSPS) is 16.0. The van der Waals surface area contributed by atoms with Gasteiger partial charge in [0, 0.05) is 66.1 Å². The summed E-state index contributed by atoms with van der Waals surface area (Å²) in [6.45, 7) is 22.9. The van der Waals surface area contributed by atoms with Crippen LogP contribution in [0.4, 0.5) is 20.4 Å². The molecular formula is C40H44ClF2N9O. The first-order chi connectivity index (χ1) is 25.4. The molecule has 2 aromatic carbocycles. The fourth-order valence-electron chi connectivity index (χ4n) is 7.41. The number of aryl methyl sites for hydroxylation is 3. The number of nitrogens with zero attached hydrogens (tertiary/aromatic N) is 8. The molecule has 1 fully saturated rings. The molecule has 4 aromatic rings. The van der Waals surface area contributed by atoms with Crippen LogP contribution in [-0.4, -0.2) is 72.8 Å². The number of hydrogen-bond donors (Lipinski definition) is 1. The molecule has 13 heteroatoms. The summed E-state index contributed by atoms with van der Waals surface area (Å²) < 4.78 is 32.7. The molecule has 53 heavy (non-hydrogen) atoms. The van der Waals surface area contributed by atoms with Crippen molar-refractivity contribution >= 4 is 34.6 Å². The smallest absolute Gasteiger partial charge is 0.420 e. The Hall–Kier alpha value is -5.23. The lowest BCUT2D eigenvalue weighted by atomic mass is 9.90. The fraction of sp³-hybridized carbons (Fsp3) is 0.350. The average molecular weight is 740 g/mol. The molecule has 2 aliphatic heterocycles. The van der Waals surface area contributed by atoms with E-state index >= 15 is 0 Å². The quantitative estimate of drug-likeness (QED) is 0.153. The lowest BCUT2D eigenvalue weighted by Crippen LogP contribution is -2.47. The minimum absolute atomic E-state index is 0.0506. The maximum atomic E-state index is 13.2. The molecule has 1 saturated heterocycles. The molecule has 1 N–H and O–H groups in total. The topological polar surface area (TPSA) is 87.5 Å². The van der Waals surface area contributed by atoms with Gasteiger partial charge < -0.3 is 24.8 Å². The Morgan fingerprint density at radius 2 is 1.70 bits per heavy atom. The van der Waals surface area contributed by atoms with Gasteiger partial charge in [0.1, 0.15) is 12.1 Å². The minimum Gasteiger partial charge on any atom is -0.420 e. The zero-order valence-electron chi connectivity index (χ0n) is 30.4. The lowest BCUT2D eigenvalue weighted by molar-refractivity contribution is -0.0964. The largest absolute Gasteiger partial charge is 0.487 e. The number of allylic oxidation sites excluding steroid dienone is 2. The average Bonchev–Trinajstić information content (AvgIpc) is 3.60. The Balaban J connectivity index is 1.18. The van der Waals surface area contributed by atoms with Gasteiger partial charge in [0.15, 0.2) is 5.82 Å². The molecular weight excluding hydrogens is 696 g/mol. The van der Waals surface area contributed by atoms with Crippen molar-refractivity contribution in [3.63, 3.8) is 0 Å². The first-order valence-corrected chi connectivity index (χ1v) is 18.4. The highest BCUT2D eigenvalue weighted by Crippen LogP contribution is 2.39. The first kappa shape index (κ1) is 36.1. The Kier molecular flexibility index (Phi) is 9.99. The van der Waals surface area contributed by atoms with E-state index in [0.29, 0.717) is 36.1 Å². The van der Waals surface area contributed by atoms with E-state index in [2.05, 4.69) is 79.6 Å². The van der Waals surface area contributed by atoms with Gasteiger partial charge in [0.05, 0.1) is 29.3 Å². The number of anilines is 2. The summed E-state index contributed by atoms with van der Waals surface area (Å²) >= 11 is 4.95. The Morgan fingerprint density at radius 3 is 2.40 bits per heavy atom. The molecule has 10 nitrogen and oxygen atoms in total. The molecule has 4 heterocycles. The number of hydrogen-bond acceptors (Lipinski definition) is 9. The number of rotatable bonds is 11. The number of alkyl halides is 3. The second kappa shape index (κ2) is 14.7. The van der Waals surface area contributed by atoms with Crippen molar-refractivity contribution in [3.8, 4) is 17.1 Å². The molecule has 0 saturated carbocycles. The van der Waals surface area contributed by atoms with Crippen LogP contribution in [0.25, 0.3) is 22.8 Å². The number of halogens is 3. The molecule has 3 aliphatic rings. The van der Waals surface area contributed by atoms with Crippen LogP contribution >= 0.6 is 11.6 Å². The van der Waals surface area contributed by atoms with Crippen molar-refractivity contribution < 1.29 is 13.5 Å². The van der Waals surface area contributed by atoms with E-state index in [-0.39, 0.29) is 5.75 Å². The number of ether oxygens (including phenoxy) is 1. The molecule has 2 aromatic heterocycles. The van der Waals surface area contributed by atoms with Gasteiger partial charge in [-0.05, 0) is 93.0 Å². The molecule has 7 rings (SSSR count). The second-order valence-corrected chi connectivity index (χ2v) is 14.1. The predicted octanol–water partition coefficient (Wildman–Crippen LogP) is 8.23. The third-order valence-corrected chi connectivity index (χ3v) is 10.3. The highest BCUT2D eigenvalue weighted by molar-refractivity contribution is 6.20. The summed E-state index contributed by atoms with van der Waals surface area (Å²) in [4.78, 5) is 20.8. The second-order valence-electron chi connectivity index (χ2n) is 13.7. The number of nitrogens with one attached hydrogen (secondary N) is 1. The van der Waals surface area contributed by atoms with Crippen LogP contribution < -0.4 is 15.0 Å². The SMILES string of the molecule is C=C(CN1C(CC)=C(N2CCN(C(=C)c3ncnc(C)c3C)CC2)C(=C)n2nc(-c3ccc4c(c3)CCCC4)nc21)Nc1ccc(OC(F)(F)Cl)cc1. The van der Waals surface area contributed by atoms with Crippen LogP contribution in [0.3, 0.4) is 0 Å². The van der Waals surface area contributed by atoms with Gasteiger partial charge in [-0.15, -0.1) is 13.9 Å². The molecule has 1 aliphatic carbocycles. The van der Waals surface area contributed by atoms with Gasteiger partial charge in [0.2, 0.25) is 5.95 Å². The highest BCUT2D eigenvalue weighted by Gasteiger charge is 2.35. The van der Waals surface area contributed by atoms with Crippen molar-refractivity contribution in [2.75, 3.05) is 42.9 Å². The summed E-state index contributed by atoms with van der Waals surface area (Å²) in [5.41, 5.74) is 7.86. The summed E-state index contributed by atoms with van der Waals surface area (Å²) in [7, 11) is 0. The molecule has 0 radical (unpaired) electrons. The highest BCUT2D eigenvalue weighted by atomic mass is 35.5. The number of aromatic nitrogens is 5. The third kappa shape index (κ3) is 7.50. The Morgan fingerprint density at radius 1 is 0.981 bits per heavy atom. The number of piperazine rings is 1. The van der Waals surface area contributed by atoms with E-state index in [4.69, 9.17) is 21.7 Å². The zero-order valence-corrected chi connectivity index (χ0v) is 31.2. The van der Waals surface area contributed by atoms with Crippen LogP contribution in [-0.2, 0) is 12.8 Å². The third-order valence-electron chi connectivity index (χ3n) is 10.2. The number of fused-ring (bicyclic) bond motifs is 2. The van der Waals surface area contributed by atoms with Crippen molar-refractivity contribution in [1.29, 1.82) is 0 Å². The van der Waals surface area contributed by atoms with Crippen molar-refractivity contribution in [2.24, 2.45) is 0 Å². The molecule has 0 atom stereocenters. The minimum atomic E-state index is -3.79. The first-order valence-electron chi connectivity index (χ1n) is 18.0. The molecule has 0 unspecified atom stereocenters. The summed E-state index contributed by atoms with van der Waals surface area (Å²) in [6, 6.07) is 12.7. The number of benzene rings is 2. The van der Waals surface area contributed by atoms with Crippen LogP contribution in [0.1, 0.15) is 54.3 Å². The molecule has 0 bridgehead atoms. The van der Waals surface area contributed by atoms with E-state index in [1.54, 1.807) is 18.5 Å². The van der Waals surface area contributed by atoms with E-state index < -0.39 is 5.57 Å². The molecule has 0 amide bonds. The zero-order chi connectivity index (χ0) is 37.4. The fourth-order valence-corrected chi connectivity index (χ4v) is 7.50. The summed E-state index contributed by atoms with van der Waals surface area (Å²) in [6.07, 6.45) is 6.86. The van der Waals surface area contributed by atoms with Gasteiger partial charge in [-0.25, -0.2) is 9.97 Å². The van der Waals surface area contributed by atoms with Gasteiger partial charge in [0.25, 0.3) is 0 Å². The van der Waals surface area contributed by atoms with Crippen LogP contribution in [0.5, 0.6) is 5.75 Å². The van der Waals surface area contributed by atoms with Crippen LogP contribution in [0.2, 0.25) is 0 Å². The van der Waals surface area contributed by atoms with Gasteiger partial charge in [-0.3, -0.25) is 0 Å². The Labute approximate surface area is 314 Å². The monoisotopic (exact) mass is 739 g/mol. The standard InChI is InChI=1S/C40H44ClF2N9O/c1-7-35-37(50-20-18-49(19-21-50)28(5)36-26(3)27(4)44-24-45-36)29(6)52-39(47-38(48-52)32-13-12-30-10-8-9-11-31(30)22-32)51(35)23-25(2)46-33-14-16-34(17-15-33)53-40(41,42)43/h12-17,22,24,46H,2,5-11,18-21,23H2,1,3-4H3. The lowest BCUT2D eigenvalue weighted by Gasteiger charge is -2.43. The predicted molar refractivity (Wildman–Crippen MR) is 206 cm³/mol. The molecule has 0 spiro atoms. The summed E-state index contributed by atoms with van der Waals surface area (Å²) in [5, 5.41) is 8.39. The van der Waals surface area contributed by atoms with E-state index in [1.165, 1.54) is 36.1 Å².